The van der Waals surface area contributed by atoms with Crippen LogP contribution in [0.5, 0.6) is 5.75 Å². The second kappa shape index (κ2) is 4.47. The number of benzene rings is 1. The van der Waals surface area contributed by atoms with Crippen molar-refractivity contribution >= 4 is 0 Å². The zero-order valence-corrected chi connectivity index (χ0v) is 13.2. The fraction of sp³-hybridized carbons (Fsp3) is 0.667. The monoisotopic (exact) mass is 287 g/mol. The van der Waals surface area contributed by atoms with Crippen LogP contribution in [0.25, 0.3) is 0 Å². The number of ether oxygens (including phenoxy) is 1. The van der Waals surface area contributed by atoms with Gasteiger partial charge in [-0.3, -0.25) is 4.90 Å². The quantitative estimate of drug-likeness (QED) is 0.905. The third-order valence-corrected chi connectivity index (χ3v) is 6.66. The average Bonchev–Trinajstić information content (AvgIpc) is 2.50. The van der Waals surface area contributed by atoms with Crippen LogP contribution < -0.4 is 4.74 Å². The van der Waals surface area contributed by atoms with E-state index < -0.39 is 0 Å². The van der Waals surface area contributed by atoms with Crippen molar-refractivity contribution in [2.75, 3.05) is 20.8 Å². The Labute approximate surface area is 126 Å². The molecule has 1 aromatic carbocycles. The number of methoxy groups -OCH3 is 1. The van der Waals surface area contributed by atoms with Crippen LogP contribution in [-0.4, -0.2) is 42.9 Å². The predicted octanol–water partition coefficient (Wildman–Crippen LogP) is 2.21. The Morgan fingerprint density at radius 1 is 1.38 bits per heavy atom. The van der Waals surface area contributed by atoms with E-state index in [-0.39, 0.29) is 5.41 Å². The maximum absolute atomic E-state index is 9.71. The number of aliphatic hydroxyl groups excluding tert-OH is 1. The van der Waals surface area contributed by atoms with Gasteiger partial charge in [-0.05, 0) is 66.8 Å². The molecule has 2 aliphatic heterocycles. The SMILES string of the molecule is COc1ccc2c(c1)[C@]1(C)CC3[C@@H](CO)CC1C(C2)N3C. The number of likely N-dealkylation sites (N-methyl/N-ethyl adjacent to an activating group) is 1. The molecule has 1 aromatic rings. The molecule has 0 spiro atoms. The molecule has 1 N–H and O–H groups in total. The molecule has 2 heterocycles. The molecule has 2 saturated heterocycles. The van der Waals surface area contributed by atoms with Gasteiger partial charge in [-0.1, -0.05) is 13.0 Å². The third-order valence-electron chi connectivity index (χ3n) is 6.66. The van der Waals surface area contributed by atoms with Gasteiger partial charge < -0.3 is 9.84 Å². The van der Waals surface area contributed by atoms with Crippen molar-refractivity contribution in [3.8, 4) is 5.75 Å². The van der Waals surface area contributed by atoms with Gasteiger partial charge in [0.2, 0.25) is 0 Å². The standard InChI is InChI=1S/C18H25NO2/c1-18-9-17-12(10-20)6-15(18)16(19(17)2)7-11-4-5-13(21-3)8-14(11)18/h4-5,8,12,15-17,20H,6-7,9-10H2,1-3H3/t12-,15?,16?,17?,18+/m1/s1. The molecule has 1 saturated carbocycles. The van der Waals surface area contributed by atoms with Crippen molar-refractivity contribution < 1.29 is 9.84 Å². The number of nitrogens with zero attached hydrogens (tertiary/aromatic N) is 1. The molecular formula is C18H25NO2. The zero-order chi connectivity index (χ0) is 14.8. The Kier molecular flexibility index (Phi) is 2.89. The molecule has 3 fully saturated rings. The second-order valence-electron chi connectivity index (χ2n) is 7.43. The van der Waals surface area contributed by atoms with Gasteiger partial charge in [0, 0.05) is 18.7 Å². The summed E-state index contributed by atoms with van der Waals surface area (Å²) in [4.78, 5) is 2.56. The summed E-state index contributed by atoms with van der Waals surface area (Å²) < 4.78 is 5.46. The molecule has 2 aliphatic carbocycles. The van der Waals surface area contributed by atoms with Crippen LogP contribution in [0, 0.1) is 11.8 Å². The minimum absolute atomic E-state index is 0.246. The molecule has 3 unspecified atom stereocenters. The van der Waals surface area contributed by atoms with Crippen molar-refractivity contribution in [3.05, 3.63) is 29.3 Å². The number of hydrogen-bond acceptors (Lipinski definition) is 3. The normalized spacial score (nSPS) is 41.0. The molecule has 114 valence electrons. The molecule has 21 heavy (non-hydrogen) atoms. The Balaban J connectivity index is 1.83. The van der Waals surface area contributed by atoms with E-state index in [1.165, 1.54) is 17.5 Å². The zero-order valence-electron chi connectivity index (χ0n) is 13.2. The first kappa shape index (κ1) is 13.6. The van der Waals surface area contributed by atoms with Gasteiger partial charge in [-0.15, -0.1) is 0 Å². The van der Waals surface area contributed by atoms with E-state index in [1.54, 1.807) is 7.11 Å². The Morgan fingerprint density at radius 3 is 2.90 bits per heavy atom. The van der Waals surface area contributed by atoms with Gasteiger partial charge in [0.05, 0.1) is 7.11 Å². The van der Waals surface area contributed by atoms with E-state index in [0.717, 1.165) is 18.6 Å². The van der Waals surface area contributed by atoms with Crippen LogP contribution in [0.3, 0.4) is 0 Å². The summed E-state index contributed by atoms with van der Waals surface area (Å²) in [5.74, 6) is 2.09. The van der Waals surface area contributed by atoms with E-state index in [4.69, 9.17) is 4.74 Å². The lowest BCUT2D eigenvalue weighted by Crippen LogP contribution is -2.68. The average molecular weight is 287 g/mol. The van der Waals surface area contributed by atoms with Gasteiger partial charge in [0.15, 0.2) is 0 Å². The maximum Gasteiger partial charge on any atom is 0.119 e. The van der Waals surface area contributed by atoms with Gasteiger partial charge in [-0.25, -0.2) is 0 Å². The highest BCUT2D eigenvalue weighted by molar-refractivity contribution is 5.45. The number of hydrogen-bond donors (Lipinski definition) is 1. The van der Waals surface area contributed by atoms with E-state index >= 15 is 0 Å². The Morgan fingerprint density at radius 2 is 2.19 bits per heavy atom. The van der Waals surface area contributed by atoms with Crippen LogP contribution in [0.4, 0.5) is 0 Å². The summed E-state index contributed by atoms with van der Waals surface area (Å²) in [6.07, 6.45) is 3.48. The molecule has 4 aliphatic rings. The molecule has 0 aromatic heterocycles. The lowest BCUT2D eigenvalue weighted by atomic mass is 9.50. The van der Waals surface area contributed by atoms with E-state index in [0.29, 0.717) is 30.5 Å². The van der Waals surface area contributed by atoms with Crippen molar-refractivity contribution in [2.24, 2.45) is 11.8 Å². The molecule has 5 atom stereocenters. The fourth-order valence-corrected chi connectivity index (χ4v) is 5.49. The van der Waals surface area contributed by atoms with E-state index in [1.807, 2.05) is 0 Å². The summed E-state index contributed by atoms with van der Waals surface area (Å²) >= 11 is 0. The van der Waals surface area contributed by atoms with Crippen LogP contribution in [0.15, 0.2) is 18.2 Å². The highest BCUT2D eigenvalue weighted by atomic mass is 16.5. The Bertz CT molecular complexity index is 572. The van der Waals surface area contributed by atoms with Crippen molar-refractivity contribution in [3.63, 3.8) is 0 Å². The van der Waals surface area contributed by atoms with E-state index in [2.05, 4.69) is 37.1 Å². The van der Waals surface area contributed by atoms with Crippen LogP contribution in [0.1, 0.15) is 30.9 Å². The first-order valence-corrected chi connectivity index (χ1v) is 8.08. The highest BCUT2D eigenvalue weighted by Crippen LogP contribution is 2.57. The number of rotatable bonds is 2. The lowest BCUT2D eigenvalue weighted by molar-refractivity contribution is -0.0993. The minimum atomic E-state index is 0.246. The molecule has 0 radical (unpaired) electrons. The number of piperidine rings is 2. The molecule has 0 amide bonds. The Hall–Kier alpha value is -1.06. The van der Waals surface area contributed by atoms with Crippen molar-refractivity contribution in [1.29, 1.82) is 0 Å². The molecule has 4 bridgehead atoms. The summed E-state index contributed by atoms with van der Waals surface area (Å²) in [6, 6.07) is 7.78. The minimum Gasteiger partial charge on any atom is -0.497 e. The second-order valence-corrected chi connectivity index (χ2v) is 7.43. The first-order valence-electron chi connectivity index (χ1n) is 8.08. The van der Waals surface area contributed by atoms with Crippen LogP contribution >= 0.6 is 0 Å². The molecule has 3 nitrogen and oxygen atoms in total. The summed E-state index contributed by atoms with van der Waals surface area (Å²) in [7, 11) is 4.01. The summed E-state index contributed by atoms with van der Waals surface area (Å²) in [5, 5.41) is 9.71. The van der Waals surface area contributed by atoms with Crippen LogP contribution in [-0.2, 0) is 11.8 Å². The van der Waals surface area contributed by atoms with Gasteiger partial charge in [0.25, 0.3) is 0 Å². The van der Waals surface area contributed by atoms with Crippen molar-refractivity contribution in [2.45, 2.75) is 43.7 Å². The molecular weight excluding hydrogens is 262 g/mol. The lowest BCUT2D eigenvalue weighted by Gasteiger charge is -2.64. The summed E-state index contributed by atoms with van der Waals surface area (Å²) in [6.45, 7) is 2.77. The predicted molar refractivity (Wildman–Crippen MR) is 82.7 cm³/mol. The number of fused-ring (bicyclic) bond motifs is 2. The van der Waals surface area contributed by atoms with Gasteiger partial charge in [-0.2, -0.15) is 0 Å². The van der Waals surface area contributed by atoms with Crippen LogP contribution in [0.2, 0.25) is 0 Å². The maximum atomic E-state index is 9.71. The highest BCUT2D eigenvalue weighted by Gasteiger charge is 2.58. The fourth-order valence-electron chi connectivity index (χ4n) is 5.49. The van der Waals surface area contributed by atoms with Crippen molar-refractivity contribution in [1.82, 2.24) is 4.90 Å². The number of aliphatic hydroxyl groups is 1. The molecule has 3 heteroatoms. The van der Waals surface area contributed by atoms with E-state index in [9.17, 15) is 5.11 Å². The topological polar surface area (TPSA) is 32.7 Å². The van der Waals surface area contributed by atoms with Gasteiger partial charge >= 0.3 is 0 Å². The smallest absolute Gasteiger partial charge is 0.119 e. The largest absolute Gasteiger partial charge is 0.497 e. The first-order chi connectivity index (χ1) is 10.1. The summed E-state index contributed by atoms with van der Waals surface area (Å²) in [5.41, 5.74) is 3.24. The third kappa shape index (κ3) is 1.68. The van der Waals surface area contributed by atoms with Gasteiger partial charge in [0.1, 0.15) is 5.75 Å². The molecule has 5 rings (SSSR count).